The molecule has 70 heavy (non-hydrogen) atoms. The van der Waals surface area contributed by atoms with Crippen LogP contribution in [0, 0.1) is 31.0 Å². The van der Waals surface area contributed by atoms with Gasteiger partial charge in [0.2, 0.25) is 5.60 Å². The number of H-pyrrole nitrogens is 1. The molecule has 2 saturated heterocycles. The number of piperidine rings is 1. The molecule has 14 nitrogen and oxygen atoms in total. The number of ether oxygens (including phenoxy) is 4. The van der Waals surface area contributed by atoms with E-state index >= 15 is 9.18 Å². The molecule has 1 aliphatic carbocycles. The van der Waals surface area contributed by atoms with Gasteiger partial charge in [0.1, 0.15) is 17.0 Å². The van der Waals surface area contributed by atoms with Gasteiger partial charge in [-0.3, -0.25) is 19.3 Å². The van der Waals surface area contributed by atoms with Gasteiger partial charge < -0.3 is 44.2 Å². The molecule has 6 heterocycles. The maximum absolute atomic E-state index is 15.7. The number of anilines is 1. The minimum absolute atomic E-state index is 0.161. The fourth-order valence-corrected chi connectivity index (χ4v) is 14.9. The highest BCUT2D eigenvalue weighted by Gasteiger charge is 2.80. The molecule has 10 rings (SSSR count). The van der Waals surface area contributed by atoms with E-state index in [-0.39, 0.29) is 24.3 Å². The molecule has 4 aromatic rings. The van der Waals surface area contributed by atoms with Crippen molar-refractivity contribution in [2.75, 3.05) is 66.0 Å². The summed E-state index contributed by atoms with van der Waals surface area (Å²) in [6, 6.07) is 13.0. The molecule has 3 N–H and O–H groups in total. The second-order valence-corrected chi connectivity index (χ2v) is 21.2. The Bertz CT molecular complexity index is 2860. The number of hydrogen-bond acceptors (Lipinski definition) is 12. The molecule has 1 saturated carbocycles. The van der Waals surface area contributed by atoms with E-state index in [9.17, 15) is 19.5 Å². The van der Waals surface area contributed by atoms with E-state index in [2.05, 4.69) is 33.1 Å². The Labute approximate surface area is 408 Å². The second kappa shape index (κ2) is 16.9. The average Bonchev–Trinajstić information content (AvgIpc) is 4.00. The standard InChI is InChI=1S/C55H66FN5O9/c1-10-51(58-45(63)35-14-13-31(3)32(4)23-35)27-34-28-54(49(64)68-8,44-37(17-21-60(29-34)30-51)38-24-36(56)15-16-41(38)57-44)40-25-39-42(26-43(40)67-7)59(6)47-53(39)19-22-61-20-12-18-52(11-2,46(53)61)48(70-33(5)62)55(47,66)50(65)69-9/h12-16,18,23-26,34,46-48,57,66H,10-11,17,19-22,27-30H2,1-9H3,(H,58,63)/t34-,46+,47-,48-,51+,52-,53-,54+,55+/m1/s1. The first-order valence-electron chi connectivity index (χ1n) is 24.8. The molecular weight excluding hydrogens is 894 g/mol. The van der Waals surface area contributed by atoms with Crippen LogP contribution in [-0.4, -0.2) is 134 Å². The number of nitrogens with one attached hydrogen (secondary N) is 2. The molecule has 1 unspecified atom stereocenters. The number of rotatable bonds is 9. The molecular formula is C55H66FN5O9. The number of amides is 1. The van der Waals surface area contributed by atoms with Crippen molar-refractivity contribution in [2.45, 2.75) is 113 Å². The van der Waals surface area contributed by atoms with Gasteiger partial charge in [0.15, 0.2) is 6.10 Å². The summed E-state index contributed by atoms with van der Waals surface area (Å²) >= 11 is 0. The van der Waals surface area contributed by atoms with E-state index < -0.39 is 63.3 Å². The fraction of sp³-hybridized carbons (Fsp3) is 0.527. The summed E-state index contributed by atoms with van der Waals surface area (Å²) in [4.78, 5) is 68.0. The van der Waals surface area contributed by atoms with Gasteiger partial charge in [-0.1, -0.05) is 32.1 Å². The first kappa shape index (κ1) is 47.9. The summed E-state index contributed by atoms with van der Waals surface area (Å²) in [5.74, 6) is -2.49. The largest absolute Gasteiger partial charge is 0.496 e. The van der Waals surface area contributed by atoms with Gasteiger partial charge in [0.25, 0.3) is 5.91 Å². The molecule has 2 bridgehead atoms. The smallest absolute Gasteiger partial charge is 0.344 e. The predicted molar refractivity (Wildman–Crippen MR) is 262 cm³/mol. The number of aromatic amines is 1. The topological polar surface area (TPSA) is 163 Å². The number of aromatic nitrogens is 1. The van der Waals surface area contributed by atoms with Crippen molar-refractivity contribution in [1.82, 2.24) is 20.1 Å². The van der Waals surface area contributed by atoms with Crippen LogP contribution in [0.3, 0.4) is 0 Å². The lowest BCUT2D eigenvalue weighted by Gasteiger charge is -2.63. The highest BCUT2D eigenvalue weighted by Crippen LogP contribution is 2.68. The SMILES string of the molecule is CC[C@]1(NC(=O)c2ccc(C)c(C)c2)C[C@H]2CN(CCc3c([nH]c4ccc(F)cc34)[C@@](C(=O)OC)(c3cc4c(cc3OC)N(C)[C@H]3[C@@](O)(C(=O)OC)[C@H](OC(C)=O)[C@]5(CC)C=CCN6CC[C@]43[C@@H]65)C2)C1. The third-order valence-electron chi connectivity index (χ3n) is 17.8. The van der Waals surface area contributed by atoms with Crippen LogP contribution in [0.4, 0.5) is 10.1 Å². The van der Waals surface area contributed by atoms with Crippen molar-refractivity contribution in [3.8, 4) is 5.75 Å². The summed E-state index contributed by atoms with van der Waals surface area (Å²) in [6.45, 7) is 12.4. The van der Waals surface area contributed by atoms with Crippen molar-refractivity contribution >= 4 is 40.4 Å². The zero-order valence-electron chi connectivity index (χ0n) is 41.8. The van der Waals surface area contributed by atoms with E-state index in [1.165, 1.54) is 33.3 Å². The lowest BCUT2D eigenvalue weighted by atomic mass is 9.47. The van der Waals surface area contributed by atoms with Gasteiger partial charge in [0.05, 0.1) is 32.9 Å². The van der Waals surface area contributed by atoms with Crippen LogP contribution in [0.15, 0.2) is 60.7 Å². The van der Waals surface area contributed by atoms with Gasteiger partial charge in [0, 0.05) is 96.5 Å². The number of methoxy groups -OCH3 is 3. The first-order valence-corrected chi connectivity index (χ1v) is 24.8. The molecule has 10 atom stereocenters. The molecule has 5 aliphatic heterocycles. The Morgan fingerprint density at radius 1 is 0.914 bits per heavy atom. The van der Waals surface area contributed by atoms with Crippen molar-refractivity contribution in [2.24, 2.45) is 11.3 Å². The van der Waals surface area contributed by atoms with Crippen molar-refractivity contribution in [1.29, 1.82) is 0 Å². The number of fused-ring (bicyclic) bond motifs is 6. The van der Waals surface area contributed by atoms with E-state index in [0.717, 1.165) is 22.3 Å². The molecule has 1 amide bonds. The molecule has 1 aromatic heterocycles. The van der Waals surface area contributed by atoms with Gasteiger partial charge in [-0.25, -0.2) is 9.18 Å². The van der Waals surface area contributed by atoms with Crippen molar-refractivity contribution in [3.05, 3.63) is 106 Å². The molecule has 3 aromatic carbocycles. The lowest BCUT2D eigenvalue weighted by molar-refractivity contribution is -0.228. The Morgan fingerprint density at radius 3 is 2.37 bits per heavy atom. The zero-order valence-corrected chi connectivity index (χ0v) is 41.8. The highest BCUT2D eigenvalue weighted by atomic mass is 19.1. The van der Waals surface area contributed by atoms with Gasteiger partial charge in [-0.15, -0.1) is 0 Å². The average molecular weight is 960 g/mol. The number of esters is 3. The summed E-state index contributed by atoms with van der Waals surface area (Å²) < 4.78 is 39.6. The zero-order chi connectivity index (χ0) is 49.9. The number of nitrogens with zero attached hydrogens (tertiary/aromatic N) is 3. The summed E-state index contributed by atoms with van der Waals surface area (Å²) in [5, 5.41) is 17.6. The number of carbonyl (C=O) groups is 4. The number of likely N-dealkylation sites (N-methyl/N-ethyl adjacent to an activating group) is 1. The van der Waals surface area contributed by atoms with Crippen LogP contribution in [0.1, 0.15) is 96.7 Å². The van der Waals surface area contributed by atoms with E-state index in [0.29, 0.717) is 104 Å². The molecule has 1 spiro atoms. The monoisotopic (exact) mass is 959 g/mol. The minimum Gasteiger partial charge on any atom is -0.496 e. The van der Waals surface area contributed by atoms with Gasteiger partial charge in [-0.2, -0.15) is 0 Å². The van der Waals surface area contributed by atoms with Crippen LogP contribution in [-0.2, 0) is 45.8 Å². The minimum atomic E-state index is -2.37. The molecule has 0 radical (unpaired) electrons. The van der Waals surface area contributed by atoms with Gasteiger partial charge in [-0.05, 0) is 123 Å². The van der Waals surface area contributed by atoms with Crippen molar-refractivity contribution in [3.63, 3.8) is 0 Å². The molecule has 15 heteroatoms. The maximum atomic E-state index is 15.7. The van der Waals surface area contributed by atoms with Crippen molar-refractivity contribution < 1.29 is 47.6 Å². The molecule has 6 aliphatic rings. The second-order valence-electron chi connectivity index (χ2n) is 21.2. The number of benzene rings is 3. The summed E-state index contributed by atoms with van der Waals surface area (Å²) in [5.41, 5.74) is 0.0532. The third-order valence-corrected chi connectivity index (χ3v) is 17.8. The number of carbonyl (C=O) groups excluding carboxylic acids is 4. The Balaban J connectivity index is 1.22. The van der Waals surface area contributed by atoms with Gasteiger partial charge >= 0.3 is 17.9 Å². The fourth-order valence-electron chi connectivity index (χ4n) is 14.9. The van der Waals surface area contributed by atoms with Crippen LogP contribution < -0.4 is 15.0 Å². The number of aryl methyl sites for hydroxylation is 2. The third kappa shape index (κ3) is 6.58. The van der Waals surface area contributed by atoms with Crippen LogP contribution >= 0.6 is 0 Å². The number of hydrogen-bond donors (Lipinski definition) is 3. The Hall–Kier alpha value is -5.77. The maximum Gasteiger partial charge on any atom is 0.344 e. The van der Waals surface area contributed by atoms with Crippen LogP contribution in [0.25, 0.3) is 10.9 Å². The predicted octanol–water partition coefficient (Wildman–Crippen LogP) is 6.18. The summed E-state index contributed by atoms with van der Waals surface area (Å²) in [6.07, 6.45) is 5.51. The Morgan fingerprint density at radius 2 is 1.69 bits per heavy atom. The normalized spacial score (nSPS) is 32.9. The molecule has 3 fully saturated rings. The quantitative estimate of drug-likeness (QED) is 0.0994. The summed E-state index contributed by atoms with van der Waals surface area (Å²) in [7, 11) is 6.02. The van der Waals surface area contributed by atoms with E-state index in [1.54, 1.807) is 13.2 Å². The van der Waals surface area contributed by atoms with E-state index in [1.807, 2.05) is 69.1 Å². The van der Waals surface area contributed by atoms with E-state index in [4.69, 9.17) is 18.9 Å². The number of aliphatic hydroxyl groups is 1. The highest BCUT2D eigenvalue weighted by molar-refractivity contribution is 5.96. The lowest BCUT2D eigenvalue weighted by Crippen LogP contribution is -2.81. The van der Waals surface area contributed by atoms with Crippen LogP contribution in [0.2, 0.25) is 0 Å². The first-order chi connectivity index (χ1) is 33.4. The Kier molecular flexibility index (Phi) is 11.6. The molecule has 372 valence electrons. The number of halogens is 1. The van der Waals surface area contributed by atoms with Crippen LogP contribution in [0.5, 0.6) is 5.75 Å².